The molecule has 1 aliphatic heterocycles. The molecule has 1 aliphatic rings. The molecule has 3 N–H and O–H groups in total. The van der Waals surface area contributed by atoms with Crippen LogP contribution in [0.15, 0.2) is 23.6 Å². The first-order valence-electron chi connectivity index (χ1n) is 9.82. The van der Waals surface area contributed by atoms with E-state index in [0.717, 1.165) is 43.4 Å². The second-order valence-corrected chi connectivity index (χ2v) is 8.92. The van der Waals surface area contributed by atoms with Gasteiger partial charge in [-0.2, -0.15) is 9.67 Å². The first-order valence-corrected chi connectivity index (χ1v) is 10.7. The minimum Gasteiger partial charge on any atom is -0.494 e. The van der Waals surface area contributed by atoms with Gasteiger partial charge in [-0.3, -0.25) is 0 Å². The molecule has 3 aromatic rings. The van der Waals surface area contributed by atoms with Gasteiger partial charge in [-0.1, -0.05) is 20.8 Å². The molecule has 0 amide bonds. The second kappa shape index (κ2) is 8.11. The van der Waals surface area contributed by atoms with Gasteiger partial charge in [-0.15, -0.1) is 16.4 Å². The zero-order chi connectivity index (χ0) is 21.3. The molecular formula is C20H27N7O2S. The SMILES string of the molecule is COc1cc(N2CCOCC2)ccc1Nc1nc(N)nn1-c1nc(C(C)(C)C)cs1. The monoisotopic (exact) mass is 429 g/mol. The zero-order valence-corrected chi connectivity index (χ0v) is 18.5. The van der Waals surface area contributed by atoms with Crippen molar-refractivity contribution in [3.63, 3.8) is 0 Å². The Morgan fingerprint density at radius 3 is 2.63 bits per heavy atom. The maximum absolute atomic E-state index is 5.90. The Kier molecular flexibility index (Phi) is 5.52. The Labute approximate surface area is 179 Å². The van der Waals surface area contributed by atoms with Gasteiger partial charge in [0.2, 0.25) is 17.0 Å². The van der Waals surface area contributed by atoms with Gasteiger partial charge >= 0.3 is 0 Å². The number of nitrogens with zero attached hydrogens (tertiary/aromatic N) is 5. The highest BCUT2D eigenvalue weighted by Crippen LogP contribution is 2.33. The lowest BCUT2D eigenvalue weighted by molar-refractivity contribution is 0.122. The van der Waals surface area contributed by atoms with Crippen LogP contribution in [0.4, 0.5) is 23.3 Å². The summed E-state index contributed by atoms with van der Waals surface area (Å²) in [5.41, 5.74) is 8.71. The molecule has 0 aliphatic carbocycles. The van der Waals surface area contributed by atoms with Gasteiger partial charge in [0.05, 0.1) is 31.7 Å². The fourth-order valence-electron chi connectivity index (χ4n) is 3.17. The van der Waals surface area contributed by atoms with Crippen molar-refractivity contribution in [3.8, 4) is 10.9 Å². The molecule has 4 rings (SSSR count). The van der Waals surface area contributed by atoms with Crippen molar-refractivity contribution in [1.82, 2.24) is 19.7 Å². The quantitative estimate of drug-likeness (QED) is 0.637. The van der Waals surface area contributed by atoms with Crippen molar-refractivity contribution in [2.75, 3.05) is 49.4 Å². The van der Waals surface area contributed by atoms with Gasteiger partial charge in [0, 0.05) is 35.6 Å². The van der Waals surface area contributed by atoms with Crippen molar-refractivity contribution in [2.24, 2.45) is 0 Å². The molecule has 0 saturated carbocycles. The average molecular weight is 430 g/mol. The molecule has 1 saturated heterocycles. The fourth-order valence-corrected chi connectivity index (χ4v) is 4.17. The molecule has 1 fully saturated rings. The van der Waals surface area contributed by atoms with Crippen LogP contribution in [0, 0.1) is 0 Å². The van der Waals surface area contributed by atoms with E-state index in [1.807, 2.05) is 17.5 Å². The summed E-state index contributed by atoms with van der Waals surface area (Å²) >= 11 is 1.50. The molecular weight excluding hydrogens is 402 g/mol. The largest absolute Gasteiger partial charge is 0.494 e. The van der Waals surface area contributed by atoms with E-state index in [9.17, 15) is 0 Å². The van der Waals surface area contributed by atoms with E-state index in [1.54, 1.807) is 11.8 Å². The lowest BCUT2D eigenvalue weighted by Gasteiger charge is -2.29. The van der Waals surface area contributed by atoms with E-state index in [2.05, 4.69) is 47.1 Å². The van der Waals surface area contributed by atoms with Crippen LogP contribution in [0.25, 0.3) is 5.13 Å². The molecule has 1 aromatic carbocycles. The highest BCUT2D eigenvalue weighted by Gasteiger charge is 2.21. The predicted octanol–water partition coefficient (Wildman–Crippen LogP) is 3.19. The van der Waals surface area contributed by atoms with Crippen molar-refractivity contribution in [2.45, 2.75) is 26.2 Å². The molecule has 0 spiro atoms. The van der Waals surface area contributed by atoms with Crippen molar-refractivity contribution in [3.05, 3.63) is 29.3 Å². The topological polar surface area (TPSA) is 103 Å². The summed E-state index contributed by atoms with van der Waals surface area (Å²) in [5.74, 6) is 1.37. The number of rotatable bonds is 5. The van der Waals surface area contributed by atoms with Crippen molar-refractivity contribution in [1.29, 1.82) is 0 Å². The number of methoxy groups -OCH3 is 1. The average Bonchev–Trinajstić information content (AvgIpc) is 3.35. The molecule has 10 heteroatoms. The first kappa shape index (κ1) is 20.4. The summed E-state index contributed by atoms with van der Waals surface area (Å²) in [7, 11) is 1.65. The summed E-state index contributed by atoms with van der Waals surface area (Å²) in [6, 6.07) is 6.04. The van der Waals surface area contributed by atoms with Gasteiger partial charge in [-0.05, 0) is 12.1 Å². The normalized spacial score (nSPS) is 14.7. The lowest BCUT2D eigenvalue weighted by Crippen LogP contribution is -2.36. The number of nitrogens with one attached hydrogen (secondary N) is 1. The van der Waals surface area contributed by atoms with E-state index < -0.39 is 0 Å². The first-order chi connectivity index (χ1) is 14.3. The third-order valence-electron chi connectivity index (χ3n) is 4.87. The Morgan fingerprint density at radius 1 is 1.20 bits per heavy atom. The number of anilines is 4. The minimum atomic E-state index is -0.0486. The molecule has 0 unspecified atom stereocenters. The number of hydrogen-bond acceptors (Lipinski definition) is 9. The molecule has 30 heavy (non-hydrogen) atoms. The highest BCUT2D eigenvalue weighted by atomic mass is 32.1. The summed E-state index contributed by atoms with van der Waals surface area (Å²) in [4.78, 5) is 11.3. The van der Waals surface area contributed by atoms with Gasteiger partial charge in [0.1, 0.15) is 5.75 Å². The number of aromatic nitrogens is 4. The number of benzene rings is 1. The number of morpholine rings is 1. The Bertz CT molecular complexity index is 1020. The number of nitrogen functional groups attached to an aromatic ring is 1. The van der Waals surface area contributed by atoms with Gasteiger partial charge in [0.15, 0.2) is 0 Å². The maximum Gasteiger partial charge on any atom is 0.241 e. The van der Waals surface area contributed by atoms with Gasteiger partial charge in [0.25, 0.3) is 0 Å². The minimum absolute atomic E-state index is 0.0486. The van der Waals surface area contributed by atoms with Crippen LogP contribution in [0.1, 0.15) is 26.5 Å². The smallest absolute Gasteiger partial charge is 0.241 e. The van der Waals surface area contributed by atoms with E-state index in [0.29, 0.717) is 16.8 Å². The molecule has 0 atom stereocenters. The fraction of sp³-hybridized carbons (Fsp3) is 0.450. The van der Waals surface area contributed by atoms with Crippen LogP contribution in [-0.2, 0) is 10.2 Å². The third kappa shape index (κ3) is 4.19. The molecule has 160 valence electrons. The summed E-state index contributed by atoms with van der Waals surface area (Å²) in [6.07, 6.45) is 0. The number of hydrogen-bond donors (Lipinski definition) is 2. The van der Waals surface area contributed by atoms with Crippen LogP contribution >= 0.6 is 11.3 Å². The van der Waals surface area contributed by atoms with E-state index in [-0.39, 0.29) is 11.4 Å². The summed E-state index contributed by atoms with van der Waals surface area (Å²) < 4.78 is 12.7. The Hall–Kier alpha value is -2.85. The Morgan fingerprint density at radius 2 is 1.97 bits per heavy atom. The van der Waals surface area contributed by atoms with Crippen LogP contribution in [0.2, 0.25) is 0 Å². The van der Waals surface area contributed by atoms with Crippen LogP contribution in [0.3, 0.4) is 0 Å². The molecule has 9 nitrogen and oxygen atoms in total. The van der Waals surface area contributed by atoms with E-state index in [1.165, 1.54) is 11.3 Å². The predicted molar refractivity (Wildman–Crippen MR) is 119 cm³/mol. The molecule has 0 radical (unpaired) electrons. The maximum atomic E-state index is 5.90. The number of thiazole rings is 1. The molecule has 3 heterocycles. The Balaban J connectivity index is 1.62. The van der Waals surface area contributed by atoms with Crippen LogP contribution in [-0.4, -0.2) is 53.2 Å². The van der Waals surface area contributed by atoms with E-state index in [4.69, 9.17) is 20.2 Å². The van der Waals surface area contributed by atoms with Crippen LogP contribution in [0.5, 0.6) is 5.75 Å². The standard InChI is InChI=1S/C20H27N7O2S/c1-20(2,3)16-12-30-19(23-16)27-18(24-17(21)25-27)22-14-6-5-13(11-15(14)28-4)26-7-9-29-10-8-26/h5-6,11-12H,7-10H2,1-4H3,(H3,21,22,24,25). The summed E-state index contributed by atoms with van der Waals surface area (Å²) in [5, 5.41) is 10.4. The van der Waals surface area contributed by atoms with Crippen LogP contribution < -0.4 is 20.7 Å². The second-order valence-electron chi connectivity index (χ2n) is 8.08. The number of ether oxygens (including phenoxy) is 2. The molecule has 2 aromatic heterocycles. The van der Waals surface area contributed by atoms with Crippen molar-refractivity contribution >= 4 is 34.6 Å². The van der Waals surface area contributed by atoms with Gasteiger partial charge in [-0.25, -0.2) is 4.98 Å². The number of nitrogens with two attached hydrogens (primary N) is 1. The van der Waals surface area contributed by atoms with Crippen molar-refractivity contribution < 1.29 is 9.47 Å². The zero-order valence-electron chi connectivity index (χ0n) is 17.7. The third-order valence-corrected chi connectivity index (χ3v) is 5.69. The van der Waals surface area contributed by atoms with E-state index >= 15 is 0 Å². The highest BCUT2D eigenvalue weighted by molar-refractivity contribution is 7.12. The molecule has 0 bridgehead atoms. The summed E-state index contributed by atoms with van der Waals surface area (Å²) in [6.45, 7) is 9.57. The lowest BCUT2D eigenvalue weighted by atomic mass is 9.93. The van der Waals surface area contributed by atoms with Gasteiger partial charge < -0.3 is 25.4 Å².